The van der Waals surface area contributed by atoms with Gasteiger partial charge in [-0.1, -0.05) is 48.5 Å². The molecular formula is C26H27N3O2. The van der Waals surface area contributed by atoms with Gasteiger partial charge in [-0.05, 0) is 61.9 Å². The monoisotopic (exact) mass is 413 g/mol. The predicted molar refractivity (Wildman–Crippen MR) is 126 cm³/mol. The summed E-state index contributed by atoms with van der Waals surface area (Å²) >= 11 is 0. The Morgan fingerprint density at radius 1 is 0.677 bits per heavy atom. The molecule has 2 N–H and O–H groups in total. The van der Waals surface area contributed by atoms with Gasteiger partial charge < -0.3 is 15.5 Å². The van der Waals surface area contributed by atoms with E-state index in [1.165, 1.54) is 0 Å². The van der Waals surface area contributed by atoms with Gasteiger partial charge in [0, 0.05) is 30.2 Å². The normalized spacial score (nSPS) is 10.1. The minimum Gasteiger partial charge on any atom is -0.352 e. The van der Waals surface area contributed by atoms with Crippen LogP contribution in [0.4, 0.5) is 17.1 Å². The van der Waals surface area contributed by atoms with Crippen molar-refractivity contribution in [3.05, 3.63) is 96.1 Å². The summed E-state index contributed by atoms with van der Waals surface area (Å²) in [6.07, 6.45) is 1.62. The largest absolute Gasteiger partial charge is 0.352 e. The van der Waals surface area contributed by atoms with E-state index in [0.717, 1.165) is 22.6 Å². The third kappa shape index (κ3) is 5.60. The molecule has 0 heterocycles. The van der Waals surface area contributed by atoms with E-state index >= 15 is 0 Å². The van der Waals surface area contributed by atoms with Crippen molar-refractivity contribution in [3.63, 3.8) is 0 Å². The van der Waals surface area contributed by atoms with Gasteiger partial charge in [0.2, 0.25) is 0 Å². The molecule has 0 spiro atoms. The number of hydrogen-bond acceptors (Lipinski definition) is 3. The number of benzene rings is 3. The number of carbonyl (C=O) groups excluding carboxylic acids is 2. The zero-order valence-electron chi connectivity index (χ0n) is 17.8. The van der Waals surface area contributed by atoms with Gasteiger partial charge in [-0.25, -0.2) is 0 Å². The first-order chi connectivity index (χ1) is 15.1. The fourth-order valence-corrected chi connectivity index (χ4v) is 3.23. The number of para-hydroxylation sites is 2. The summed E-state index contributed by atoms with van der Waals surface area (Å²) in [5, 5.41) is 5.40. The summed E-state index contributed by atoms with van der Waals surface area (Å²) in [4.78, 5) is 26.9. The summed E-state index contributed by atoms with van der Waals surface area (Å²) in [5.41, 5.74) is 3.94. The van der Waals surface area contributed by atoms with E-state index in [2.05, 4.69) is 39.8 Å². The van der Waals surface area contributed by atoms with Crippen LogP contribution in [0, 0.1) is 0 Å². The fourth-order valence-electron chi connectivity index (χ4n) is 3.23. The van der Waals surface area contributed by atoms with Crippen LogP contribution in [0.25, 0.3) is 6.08 Å². The molecule has 31 heavy (non-hydrogen) atoms. The molecule has 0 radical (unpaired) electrons. The van der Waals surface area contributed by atoms with Gasteiger partial charge >= 0.3 is 0 Å². The second kappa shape index (κ2) is 10.8. The number of nitrogens with zero attached hydrogens (tertiary/aromatic N) is 1. The molecule has 0 saturated heterocycles. The van der Waals surface area contributed by atoms with Gasteiger partial charge in [0.1, 0.15) is 5.57 Å². The zero-order chi connectivity index (χ0) is 22.1. The first-order valence-corrected chi connectivity index (χ1v) is 10.4. The number of nitrogens with one attached hydrogen (secondary N) is 2. The van der Waals surface area contributed by atoms with Crippen molar-refractivity contribution in [1.29, 1.82) is 0 Å². The Balaban J connectivity index is 1.96. The number of carbonyl (C=O) groups is 2. The van der Waals surface area contributed by atoms with Gasteiger partial charge in [-0.2, -0.15) is 0 Å². The lowest BCUT2D eigenvalue weighted by atomic mass is 10.1. The van der Waals surface area contributed by atoms with E-state index in [0.29, 0.717) is 13.1 Å². The van der Waals surface area contributed by atoms with Gasteiger partial charge in [-0.3, -0.25) is 9.59 Å². The molecule has 0 aliphatic carbocycles. The summed E-state index contributed by atoms with van der Waals surface area (Å²) < 4.78 is 0. The minimum absolute atomic E-state index is 0.0967. The Morgan fingerprint density at radius 3 is 1.52 bits per heavy atom. The molecule has 3 aromatic rings. The van der Waals surface area contributed by atoms with Crippen LogP contribution in [0.2, 0.25) is 0 Å². The van der Waals surface area contributed by atoms with Crippen LogP contribution in [0.1, 0.15) is 19.4 Å². The molecule has 3 rings (SSSR count). The standard InChI is InChI=1S/C26H27N3O2/c1-3-27-25(30)24(26(31)28-4-2)19-20-15-17-23(18-16-20)29(21-11-7-5-8-12-21)22-13-9-6-10-14-22/h5-19H,3-4H2,1-2H3,(H,27,30)(H,28,31). The van der Waals surface area contributed by atoms with E-state index < -0.39 is 0 Å². The average Bonchev–Trinajstić information content (AvgIpc) is 2.80. The Kier molecular flexibility index (Phi) is 7.60. The molecule has 158 valence electrons. The third-order valence-corrected chi connectivity index (χ3v) is 4.65. The van der Waals surface area contributed by atoms with Crippen LogP contribution < -0.4 is 15.5 Å². The van der Waals surface area contributed by atoms with Gasteiger partial charge in [0.05, 0.1) is 0 Å². The number of anilines is 3. The van der Waals surface area contributed by atoms with Crippen LogP contribution >= 0.6 is 0 Å². The second-order valence-electron chi connectivity index (χ2n) is 6.87. The molecule has 0 aromatic heterocycles. The van der Waals surface area contributed by atoms with Crippen LogP contribution in [0.5, 0.6) is 0 Å². The summed E-state index contributed by atoms with van der Waals surface area (Å²) in [5.74, 6) is -0.763. The molecule has 0 fully saturated rings. The van der Waals surface area contributed by atoms with Crippen molar-refractivity contribution >= 4 is 35.0 Å². The van der Waals surface area contributed by atoms with E-state index in [9.17, 15) is 9.59 Å². The zero-order valence-corrected chi connectivity index (χ0v) is 17.8. The van der Waals surface area contributed by atoms with Crippen LogP contribution in [0.15, 0.2) is 90.5 Å². The maximum absolute atomic E-state index is 12.4. The van der Waals surface area contributed by atoms with Crippen molar-refractivity contribution in [2.45, 2.75) is 13.8 Å². The maximum atomic E-state index is 12.4. The highest BCUT2D eigenvalue weighted by Crippen LogP contribution is 2.34. The van der Waals surface area contributed by atoms with Crippen LogP contribution in [-0.2, 0) is 9.59 Å². The van der Waals surface area contributed by atoms with Gasteiger partial charge in [-0.15, -0.1) is 0 Å². The van der Waals surface area contributed by atoms with Gasteiger partial charge in [0.25, 0.3) is 11.8 Å². The highest BCUT2D eigenvalue weighted by molar-refractivity contribution is 6.21. The SMILES string of the molecule is CCNC(=O)C(=Cc1ccc(N(c2ccccc2)c2ccccc2)cc1)C(=O)NCC. The first kappa shape index (κ1) is 21.8. The molecule has 2 amide bonds. The number of hydrogen-bond donors (Lipinski definition) is 2. The van der Waals surface area contributed by atoms with E-state index in [4.69, 9.17) is 0 Å². The second-order valence-corrected chi connectivity index (χ2v) is 6.87. The number of likely N-dealkylation sites (N-methyl/N-ethyl adjacent to an activating group) is 2. The lowest BCUT2D eigenvalue weighted by Gasteiger charge is -2.25. The Bertz CT molecular complexity index is 970. The Morgan fingerprint density at radius 2 is 1.10 bits per heavy atom. The number of amides is 2. The van der Waals surface area contributed by atoms with Crippen LogP contribution in [-0.4, -0.2) is 24.9 Å². The Hall–Kier alpha value is -3.86. The predicted octanol–water partition coefficient (Wildman–Crippen LogP) is 4.81. The number of rotatable bonds is 8. The first-order valence-electron chi connectivity index (χ1n) is 10.4. The van der Waals surface area contributed by atoms with Crippen LogP contribution in [0.3, 0.4) is 0 Å². The molecule has 0 unspecified atom stereocenters. The molecule has 0 aliphatic rings. The summed E-state index contributed by atoms with van der Waals surface area (Å²) in [6, 6.07) is 28.0. The van der Waals surface area contributed by atoms with E-state index in [-0.39, 0.29) is 17.4 Å². The molecule has 3 aromatic carbocycles. The molecule has 0 aliphatic heterocycles. The molecule has 5 heteroatoms. The van der Waals surface area contributed by atoms with Crippen molar-refractivity contribution < 1.29 is 9.59 Å². The topological polar surface area (TPSA) is 61.4 Å². The highest BCUT2D eigenvalue weighted by Gasteiger charge is 2.17. The van der Waals surface area contributed by atoms with E-state index in [1.54, 1.807) is 6.08 Å². The van der Waals surface area contributed by atoms with E-state index in [1.807, 2.05) is 74.5 Å². The molecule has 0 saturated carbocycles. The van der Waals surface area contributed by atoms with Crippen molar-refractivity contribution in [2.75, 3.05) is 18.0 Å². The van der Waals surface area contributed by atoms with Crippen molar-refractivity contribution in [1.82, 2.24) is 10.6 Å². The van der Waals surface area contributed by atoms with Crippen molar-refractivity contribution in [3.8, 4) is 0 Å². The minimum atomic E-state index is -0.382. The smallest absolute Gasteiger partial charge is 0.256 e. The molecule has 0 atom stereocenters. The fraction of sp³-hybridized carbons (Fsp3) is 0.154. The maximum Gasteiger partial charge on any atom is 0.256 e. The molecular weight excluding hydrogens is 386 g/mol. The molecule has 5 nitrogen and oxygen atoms in total. The summed E-state index contributed by atoms with van der Waals surface area (Å²) in [6.45, 7) is 4.56. The average molecular weight is 414 g/mol. The van der Waals surface area contributed by atoms with Crippen molar-refractivity contribution in [2.24, 2.45) is 0 Å². The Labute approximate surface area is 183 Å². The lowest BCUT2D eigenvalue weighted by Crippen LogP contribution is -2.34. The quantitative estimate of drug-likeness (QED) is 0.316. The van der Waals surface area contributed by atoms with Gasteiger partial charge in [0.15, 0.2) is 0 Å². The molecule has 0 bridgehead atoms. The highest BCUT2D eigenvalue weighted by atomic mass is 16.2. The third-order valence-electron chi connectivity index (χ3n) is 4.65. The summed E-state index contributed by atoms with van der Waals surface area (Å²) in [7, 11) is 0. The lowest BCUT2D eigenvalue weighted by molar-refractivity contribution is -0.123.